The van der Waals surface area contributed by atoms with E-state index in [9.17, 15) is 31.5 Å². The molecule has 0 unspecified atom stereocenters. The number of aryl methyl sites for hydroxylation is 1. The van der Waals surface area contributed by atoms with Gasteiger partial charge in [-0.25, -0.2) is 13.8 Å². The molecule has 1 fully saturated rings. The van der Waals surface area contributed by atoms with Gasteiger partial charge in [0.25, 0.3) is 5.56 Å². The number of ether oxygens (including phenoxy) is 1. The van der Waals surface area contributed by atoms with E-state index in [4.69, 9.17) is 16.3 Å². The molecule has 1 amide bonds. The molecule has 0 atom stereocenters. The highest BCUT2D eigenvalue weighted by atomic mass is 35.5. The van der Waals surface area contributed by atoms with Crippen LogP contribution in [0.5, 0.6) is 0 Å². The van der Waals surface area contributed by atoms with Gasteiger partial charge in [-0.15, -0.1) is 0 Å². The number of nitrogens with one attached hydrogen (secondary N) is 2. The molecule has 0 bridgehead atoms. The molecule has 2 N–H and O–H groups in total. The molecule has 1 aromatic heterocycles. The van der Waals surface area contributed by atoms with Gasteiger partial charge in [-0.3, -0.25) is 9.59 Å². The molecule has 1 heterocycles. The Bertz CT molecular complexity index is 1450. The maximum Gasteiger partial charge on any atom is 0.417 e. The van der Waals surface area contributed by atoms with Crippen LogP contribution in [0.2, 0.25) is 5.02 Å². The Morgan fingerprint density at radius 2 is 1.80 bits per heavy atom. The van der Waals surface area contributed by atoms with Crippen LogP contribution in [0.25, 0.3) is 11.4 Å². The van der Waals surface area contributed by atoms with Gasteiger partial charge in [-0.2, -0.15) is 17.6 Å². The van der Waals surface area contributed by atoms with Crippen LogP contribution in [0.1, 0.15) is 48.1 Å². The van der Waals surface area contributed by atoms with Crippen molar-refractivity contribution in [1.29, 1.82) is 0 Å². The van der Waals surface area contributed by atoms with E-state index in [-0.39, 0.29) is 23.3 Å². The second kappa shape index (κ2) is 12.0. The summed E-state index contributed by atoms with van der Waals surface area (Å²) in [6, 6.07) is 5.61. The van der Waals surface area contributed by atoms with Crippen LogP contribution in [0.15, 0.2) is 35.1 Å². The summed E-state index contributed by atoms with van der Waals surface area (Å²) in [5.74, 6) is -4.71. The molecule has 0 saturated heterocycles. The number of amides is 1. The first-order chi connectivity index (χ1) is 18.8. The highest BCUT2D eigenvalue weighted by Crippen LogP contribution is 2.38. The molecule has 0 radical (unpaired) electrons. The Morgan fingerprint density at radius 3 is 2.42 bits per heavy atom. The maximum atomic E-state index is 15.4. The normalized spacial score (nSPS) is 17.6. The van der Waals surface area contributed by atoms with Crippen molar-refractivity contribution in [3.63, 3.8) is 0 Å². The minimum absolute atomic E-state index is 0.155. The molecule has 0 aliphatic heterocycles. The summed E-state index contributed by atoms with van der Waals surface area (Å²) in [5, 5.41) is 2.81. The second-order valence-corrected chi connectivity index (χ2v) is 9.99. The van der Waals surface area contributed by atoms with Crippen molar-refractivity contribution in [3.05, 3.63) is 85.5 Å². The van der Waals surface area contributed by atoms with Crippen LogP contribution in [-0.4, -0.2) is 22.0 Å². The van der Waals surface area contributed by atoms with Crippen LogP contribution in [-0.2, 0) is 28.9 Å². The minimum atomic E-state index is -5.00. The van der Waals surface area contributed by atoms with Crippen molar-refractivity contribution < 1.29 is 35.9 Å². The van der Waals surface area contributed by atoms with E-state index in [1.165, 1.54) is 12.1 Å². The lowest BCUT2D eigenvalue weighted by atomic mass is 9.86. The quantitative estimate of drug-likeness (QED) is 0.321. The van der Waals surface area contributed by atoms with Gasteiger partial charge in [-0.1, -0.05) is 17.7 Å². The fraction of sp³-hybridized carbons (Fsp3) is 0.370. The first-order valence-corrected chi connectivity index (χ1v) is 12.7. The zero-order valence-corrected chi connectivity index (χ0v) is 21.9. The monoisotopic (exact) mass is 587 g/mol. The van der Waals surface area contributed by atoms with E-state index < -0.39 is 70.2 Å². The number of aromatic nitrogens is 2. The van der Waals surface area contributed by atoms with Gasteiger partial charge in [0.1, 0.15) is 17.5 Å². The zero-order valence-electron chi connectivity index (χ0n) is 21.1. The van der Waals surface area contributed by atoms with Gasteiger partial charge in [0.15, 0.2) is 0 Å². The first-order valence-electron chi connectivity index (χ1n) is 12.3. The van der Waals surface area contributed by atoms with Crippen molar-refractivity contribution in [2.45, 2.75) is 58.0 Å². The number of carbonyl (C=O) groups excluding carboxylic acids is 1. The van der Waals surface area contributed by atoms with E-state index in [0.29, 0.717) is 37.3 Å². The largest absolute Gasteiger partial charge is 0.417 e. The summed E-state index contributed by atoms with van der Waals surface area (Å²) in [6.45, 7) is 0.805. The maximum absolute atomic E-state index is 15.4. The smallest absolute Gasteiger partial charge is 0.374 e. The minimum Gasteiger partial charge on any atom is -0.374 e. The molecule has 4 rings (SSSR count). The predicted octanol–water partition coefficient (Wildman–Crippen LogP) is 6.23. The lowest BCUT2D eigenvalue weighted by Gasteiger charge is -2.28. The highest BCUT2D eigenvalue weighted by Gasteiger charge is 2.37. The SMILES string of the molecule is Cc1nc(-c2c(C(F)(F)F)ccc(CNC(=O)[C@H]3CC[C@H](OCc4cc(F)cc(Cl)c4)CC3)c2F)[nH]c(=O)c1F. The van der Waals surface area contributed by atoms with E-state index in [0.717, 1.165) is 13.0 Å². The highest BCUT2D eigenvalue weighted by molar-refractivity contribution is 6.30. The van der Waals surface area contributed by atoms with Gasteiger partial charge < -0.3 is 15.0 Å². The van der Waals surface area contributed by atoms with Crippen LogP contribution >= 0.6 is 11.6 Å². The van der Waals surface area contributed by atoms with Crippen LogP contribution < -0.4 is 10.9 Å². The molecule has 13 heteroatoms. The molecular weight excluding hydrogens is 564 g/mol. The second-order valence-electron chi connectivity index (χ2n) is 9.55. The van der Waals surface area contributed by atoms with Crippen LogP contribution in [0.4, 0.5) is 26.3 Å². The number of nitrogens with zero attached hydrogens (tertiary/aromatic N) is 1. The van der Waals surface area contributed by atoms with Gasteiger partial charge in [0.2, 0.25) is 11.7 Å². The van der Waals surface area contributed by atoms with Gasteiger partial charge >= 0.3 is 6.18 Å². The lowest BCUT2D eigenvalue weighted by molar-refractivity contribution is -0.137. The van der Waals surface area contributed by atoms with Crippen molar-refractivity contribution in [2.75, 3.05) is 0 Å². The number of halogens is 7. The molecule has 214 valence electrons. The van der Waals surface area contributed by atoms with E-state index >= 15 is 4.39 Å². The molecule has 40 heavy (non-hydrogen) atoms. The van der Waals surface area contributed by atoms with Gasteiger partial charge in [0, 0.05) is 23.0 Å². The van der Waals surface area contributed by atoms with Crippen molar-refractivity contribution >= 4 is 17.5 Å². The molecule has 1 saturated carbocycles. The molecule has 2 aromatic carbocycles. The number of benzene rings is 2. The number of carbonyl (C=O) groups is 1. The average molecular weight is 588 g/mol. The zero-order chi connectivity index (χ0) is 29.2. The van der Waals surface area contributed by atoms with E-state index in [1.807, 2.05) is 4.98 Å². The van der Waals surface area contributed by atoms with E-state index in [2.05, 4.69) is 10.3 Å². The van der Waals surface area contributed by atoms with Crippen molar-refractivity contribution in [1.82, 2.24) is 15.3 Å². The number of hydrogen-bond acceptors (Lipinski definition) is 4. The van der Waals surface area contributed by atoms with Gasteiger partial charge in [-0.05, 0) is 62.4 Å². The summed E-state index contributed by atoms with van der Waals surface area (Å²) in [6.07, 6.45) is -3.15. The molecule has 6 nitrogen and oxygen atoms in total. The number of aromatic amines is 1. The number of alkyl halides is 3. The van der Waals surface area contributed by atoms with Gasteiger partial charge in [0.05, 0.1) is 29.5 Å². The summed E-state index contributed by atoms with van der Waals surface area (Å²) in [5.41, 5.74) is -3.98. The predicted molar refractivity (Wildman–Crippen MR) is 134 cm³/mol. The Balaban J connectivity index is 1.41. The third-order valence-corrected chi connectivity index (χ3v) is 6.92. The third-order valence-electron chi connectivity index (χ3n) is 6.70. The molecule has 0 spiro atoms. The average Bonchev–Trinajstić information content (AvgIpc) is 2.88. The number of rotatable bonds is 7. The summed E-state index contributed by atoms with van der Waals surface area (Å²) < 4.78 is 89.3. The third kappa shape index (κ3) is 6.84. The number of hydrogen-bond donors (Lipinski definition) is 2. The summed E-state index contributed by atoms with van der Waals surface area (Å²) >= 11 is 5.85. The Hall–Kier alpha value is -3.38. The van der Waals surface area contributed by atoms with Crippen LogP contribution in [0, 0.1) is 30.3 Å². The van der Waals surface area contributed by atoms with Crippen molar-refractivity contribution in [2.24, 2.45) is 5.92 Å². The summed E-state index contributed by atoms with van der Waals surface area (Å²) in [7, 11) is 0. The van der Waals surface area contributed by atoms with Crippen LogP contribution in [0.3, 0.4) is 0 Å². The van der Waals surface area contributed by atoms with E-state index in [1.54, 1.807) is 6.07 Å². The molecule has 1 aliphatic carbocycles. The molecular formula is C27H24ClF6N3O3. The molecule has 1 aliphatic rings. The molecule has 3 aromatic rings. The standard InChI is InChI=1S/C27H24ClF6N3O3/c1-13-22(30)26(39)37-24(36-13)21-20(27(32,33)34)7-4-16(23(21)31)11-35-25(38)15-2-5-19(6-3-15)40-12-14-8-17(28)10-18(29)9-14/h4,7-10,15,19H,2-3,5-6,11-12H2,1H3,(H,35,38)(H,36,37,39)/t15-,19-. The fourth-order valence-electron chi connectivity index (χ4n) is 4.64. The fourth-order valence-corrected chi connectivity index (χ4v) is 4.88. The topological polar surface area (TPSA) is 84.1 Å². The Morgan fingerprint density at radius 1 is 1.10 bits per heavy atom. The Kier molecular flexibility index (Phi) is 8.89. The first kappa shape index (κ1) is 29.6. The summed E-state index contributed by atoms with van der Waals surface area (Å²) in [4.78, 5) is 30.0. The van der Waals surface area contributed by atoms with Crippen molar-refractivity contribution in [3.8, 4) is 11.4 Å². The lowest BCUT2D eigenvalue weighted by Crippen LogP contribution is -2.34. The Labute approximate surface area is 229 Å². The number of H-pyrrole nitrogens is 1.